The van der Waals surface area contributed by atoms with Crippen molar-refractivity contribution in [1.29, 1.82) is 0 Å². The Balaban J connectivity index is 1.67. The van der Waals surface area contributed by atoms with E-state index in [1.807, 2.05) is 29.2 Å². The van der Waals surface area contributed by atoms with Crippen molar-refractivity contribution in [3.63, 3.8) is 0 Å². The van der Waals surface area contributed by atoms with Gasteiger partial charge in [-0.2, -0.15) is 0 Å². The lowest BCUT2D eigenvalue weighted by atomic mass is 10.1. The lowest BCUT2D eigenvalue weighted by Crippen LogP contribution is -2.49. The molecule has 4 heteroatoms. The van der Waals surface area contributed by atoms with Gasteiger partial charge in [0.05, 0.1) is 7.11 Å². The summed E-state index contributed by atoms with van der Waals surface area (Å²) in [6, 6.07) is 13.7. The van der Waals surface area contributed by atoms with E-state index in [-0.39, 0.29) is 5.91 Å². The number of methoxy groups -OCH3 is 1. The van der Waals surface area contributed by atoms with Gasteiger partial charge in [-0.15, -0.1) is 0 Å². The van der Waals surface area contributed by atoms with Crippen molar-refractivity contribution < 1.29 is 9.53 Å². The van der Waals surface area contributed by atoms with Crippen LogP contribution in [-0.4, -0.2) is 44.1 Å². The Morgan fingerprint density at radius 1 is 0.917 bits per heavy atom. The summed E-state index contributed by atoms with van der Waals surface area (Å²) >= 11 is 0. The molecule has 0 atom stereocenters. The molecule has 2 aromatic rings. The van der Waals surface area contributed by atoms with Gasteiger partial charge in [0.2, 0.25) is 0 Å². The third kappa shape index (κ3) is 3.23. The molecule has 0 radical (unpaired) electrons. The van der Waals surface area contributed by atoms with E-state index in [1.165, 1.54) is 16.8 Å². The number of aryl methyl sites for hydroxylation is 2. The first kappa shape index (κ1) is 16.4. The normalized spacial score (nSPS) is 14.6. The molecule has 1 heterocycles. The summed E-state index contributed by atoms with van der Waals surface area (Å²) in [5.41, 5.74) is 4.63. The van der Waals surface area contributed by atoms with E-state index in [2.05, 4.69) is 36.9 Å². The van der Waals surface area contributed by atoms with Crippen molar-refractivity contribution in [2.24, 2.45) is 0 Å². The second kappa shape index (κ2) is 6.95. The molecule has 1 aliphatic rings. The van der Waals surface area contributed by atoms with Crippen molar-refractivity contribution >= 4 is 11.6 Å². The second-order valence-electron chi connectivity index (χ2n) is 6.25. The largest absolute Gasteiger partial charge is 0.497 e. The fourth-order valence-corrected chi connectivity index (χ4v) is 3.35. The van der Waals surface area contributed by atoms with Crippen LogP contribution in [0, 0.1) is 13.8 Å². The fraction of sp³-hybridized carbons (Fsp3) is 0.350. The maximum Gasteiger partial charge on any atom is 0.253 e. The van der Waals surface area contributed by atoms with Crippen molar-refractivity contribution in [3.05, 3.63) is 59.2 Å². The number of benzene rings is 2. The van der Waals surface area contributed by atoms with Gasteiger partial charge in [0.1, 0.15) is 5.75 Å². The summed E-state index contributed by atoms with van der Waals surface area (Å²) in [6.45, 7) is 7.53. The predicted molar refractivity (Wildman–Crippen MR) is 97.0 cm³/mol. The Hall–Kier alpha value is -2.49. The molecule has 0 N–H and O–H groups in total. The molecule has 126 valence electrons. The Kier molecular flexibility index (Phi) is 4.74. The molecule has 0 unspecified atom stereocenters. The van der Waals surface area contributed by atoms with Gasteiger partial charge in [0.25, 0.3) is 5.91 Å². The van der Waals surface area contributed by atoms with Crippen LogP contribution in [0.2, 0.25) is 0 Å². The third-order valence-corrected chi connectivity index (χ3v) is 4.66. The van der Waals surface area contributed by atoms with Gasteiger partial charge in [-0.25, -0.2) is 0 Å². The zero-order valence-electron chi connectivity index (χ0n) is 14.6. The predicted octanol–water partition coefficient (Wildman–Crippen LogP) is 3.27. The number of ether oxygens (including phenoxy) is 1. The molecule has 24 heavy (non-hydrogen) atoms. The molecule has 3 rings (SSSR count). The van der Waals surface area contributed by atoms with Crippen LogP contribution in [0.25, 0.3) is 0 Å². The number of hydrogen-bond donors (Lipinski definition) is 0. The molecule has 1 amide bonds. The van der Waals surface area contributed by atoms with E-state index in [0.717, 1.165) is 37.5 Å². The number of piperazine rings is 1. The van der Waals surface area contributed by atoms with Crippen LogP contribution in [-0.2, 0) is 0 Å². The molecule has 0 aliphatic carbocycles. The number of rotatable bonds is 3. The molecule has 1 aliphatic heterocycles. The second-order valence-corrected chi connectivity index (χ2v) is 6.25. The summed E-state index contributed by atoms with van der Waals surface area (Å²) in [5, 5.41) is 0. The SMILES string of the molecule is COc1ccc(C(=O)N2CCN(c3c(C)cccc3C)CC2)cc1. The lowest BCUT2D eigenvalue weighted by Gasteiger charge is -2.37. The van der Waals surface area contributed by atoms with E-state index in [9.17, 15) is 4.79 Å². The number of carbonyl (C=O) groups excluding carboxylic acids is 1. The monoisotopic (exact) mass is 324 g/mol. The molecule has 2 aromatic carbocycles. The molecular formula is C20H24N2O2. The minimum atomic E-state index is 0.0961. The average Bonchev–Trinajstić information content (AvgIpc) is 2.62. The van der Waals surface area contributed by atoms with Crippen LogP contribution in [0.15, 0.2) is 42.5 Å². The molecule has 1 fully saturated rings. The van der Waals surface area contributed by atoms with Crippen LogP contribution in [0.3, 0.4) is 0 Å². The maximum absolute atomic E-state index is 12.6. The fourth-order valence-electron chi connectivity index (χ4n) is 3.35. The van der Waals surface area contributed by atoms with Gasteiger partial charge in [0.15, 0.2) is 0 Å². The van der Waals surface area contributed by atoms with Gasteiger partial charge in [-0.3, -0.25) is 4.79 Å². The highest BCUT2D eigenvalue weighted by molar-refractivity contribution is 5.94. The first-order chi connectivity index (χ1) is 11.6. The molecule has 4 nitrogen and oxygen atoms in total. The first-order valence-electron chi connectivity index (χ1n) is 8.34. The minimum Gasteiger partial charge on any atom is -0.497 e. The van der Waals surface area contributed by atoms with Crippen LogP contribution >= 0.6 is 0 Å². The summed E-state index contributed by atoms with van der Waals surface area (Å²) in [5.74, 6) is 0.866. The molecule has 0 spiro atoms. The lowest BCUT2D eigenvalue weighted by molar-refractivity contribution is 0.0746. The van der Waals surface area contributed by atoms with Crippen LogP contribution in [0.1, 0.15) is 21.5 Å². The number of hydrogen-bond acceptors (Lipinski definition) is 3. The smallest absolute Gasteiger partial charge is 0.253 e. The molecule has 0 bridgehead atoms. The zero-order valence-corrected chi connectivity index (χ0v) is 14.6. The number of amides is 1. The number of anilines is 1. The van der Waals surface area contributed by atoms with E-state index in [4.69, 9.17) is 4.74 Å². The molecule has 0 saturated carbocycles. The topological polar surface area (TPSA) is 32.8 Å². The van der Waals surface area contributed by atoms with Gasteiger partial charge < -0.3 is 14.5 Å². The first-order valence-corrected chi connectivity index (χ1v) is 8.34. The maximum atomic E-state index is 12.6. The zero-order chi connectivity index (χ0) is 17.1. The number of nitrogens with zero attached hydrogens (tertiary/aromatic N) is 2. The minimum absolute atomic E-state index is 0.0961. The highest BCUT2D eigenvalue weighted by Gasteiger charge is 2.23. The number of carbonyl (C=O) groups is 1. The summed E-state index contributed by atoms with van der Waals surface area (Å²) in [4.78, 5) is 17.0. The number of para-hydroxylation sites is 1. The Labute approximate surface area is 143 Å². The van der Waals surface area contributed by atoms with Gasteiger partial charge in [0, 0.05) is 37.4 Å². The summed E-state index contributed by atoms with van der Waals surface area (Å²) < 4.78 is 5.15. The van der Waals surface area contributed by atoms with E-state index < -0.39 is 0 Å². The van der Waals surface area contributed by atoms with Gasteiger partial charge in [-0.1, -0.05) is 18.2 Å². The third-order valence-electron chi connectivity index (χ3n) is 4.66. The van der Waals surface area contributed by atoms with E-state index in [1.54, 1.807) is 7.11 Å². The van der Waals surface area contributed by atoms with Gasteiger partial charge >= 0.3 is 0 Å². The standard InChI is InChI=1S/C20H24N2O2/c1-15-5-4-6-16(2)19(15)21-11-13-22(14-12-21)20(23)17-7-9-18(24-3)10-8-17/h4-10H,11-14H2,1-3H3. The van der Waals surface area contributed by atoms with Crippen molar-refractivity contribution in [1.82, 2.24) is 4.90 Å². The molecular weight excluding hydrogens is 300 g/mol. The van der Waals surface area contributed by atoms with Crippen molar-refractivity contribution in [2.75, 3.05) is 38.2 Å². The quantitative estimate of drug-likeness (QED) is 0.869. The van der Waals surface area contributed by atoms with Gasteiger partial charge in [-0.05, 0) is 49.2 Å². The summed E-state index contributed by atoms with van der Waals surface area (Å²) in [6.07, 6.45) is 0. The molecule has 1 saturated heterocycles. The van der Waals surface area contributed by atoms with Crippen molar-refractivity contribution in [3.8, 4) is 5.75 Å². The van der Waals surface area contributed by atoms with Crippen LogP contribution < -0.4 is 9.64 Å². The Bertz CT molecular complexity index is 697. The highest BCUT2D eigenvalue weighted by Crippen LogP contribution is 2.26. The average molecular weight is 324 g/mol. The van der Waals surface area contributed by atoms with Crippen LogP contribution in [0.4, 0.5) is 5.69 Å². The van der Waals surface area contributed by atoms with E-state index >= 15 is 0 Å². The summed E-state index contributed by atoms with van der Waals surface area (Å²) in [7, 11) is 1.63. The Morgan fingerprint density at radius 2 is 1.50 bits per heavy atom. The van der Waals surface area contributed by atoms with Crippen molar-refractivity contribution in [2.45, 2.75) is 13.8 Å². The highest BCUT2D eigenvalue weighted by atomic mass is 16.5. The Morgan fingerprint density at radius 3 is 2.04 bits per heavy atom. The molecule has 0 aromatic heterocycles. The van der Waals surface area contributed by atoms with Crippen LogP contribution in [0.5, 0.6) is 5.75 Å². The van der Waals surface area contributed by atoms with E-state index in [0.29, 0.717) is 0 Å².